The fourth-order valence-corrected chi connectivity index (χ4v) is 3.13. The molecule has 2 rings (SSSR count). The molecule has 0 aliphatic rings. The van der Waals surface area contributed by atoms with E-state index in [1.165, 1.54) is 0 Å². The zero-order valence-corrected chi connectivity index (χ0v) is 12.6. The molecule has 84 valence electrons. The Morgan fingerprint density at radius 1 is 1.31 bits per heavy atom. The molecule has 0 bridgehead atoms. The second-order valence-corrected chi connectivity index (χ2v) is 6.38. The molecule has 0 fully saturated rings. The van der Waals surface area contributed by atoms with Crippen LogP contribution in [0.25, 0.3) is 0 Å². The molecule has 16 heavy (non-hydrogen) atoms. The molecule has 0 spiro atoms. The van der Waals surface area contributed by atoms with Gasteiger partial charge in [-0.25, -0.2) is 4.68 Å². The molecule has 0 saturated heterocycles. The summed E-state index contributed by atoms with van der Waals surface area (Å²) in [6, 6.07) is 2.01. The van der Waals surface area contributed by atoms with Gasteiger partial charge in [0.2, 0.25) is 0 Å². The highest BCUT2D eigenvalue weighted by molar-refractivity contribution is 9.13. The topological polar surface area (TPSA) is 43.1 Å². The summed E-state index contributed by atoms with van der Waals surface area (Å²) in [5.41, 5.74) is 0. The molecule has 0 radical (unpaired) electrons. The van der Waals surface area contributed by atoms with Gasteiger partial charge in [0.25, 0.3) is 0 Å². The average molecular weight is 364 g/mol. The van der Waals surface area contributed by atoms with Crippen LogP contribution in [0.1, 0.15) is 16.5 Å². The highest BCUT2D eigenvalue weighted by atomic mass is 79.9. The minimum Gasteiger partial charge on any atom is -0.202 e. The smallest absolute Gasteiger partial charge is 0.151 e. The molecule has 7 heteroatoms. The van der Waals surface area contributed by atoms with Gasteiger partial charge >= 0.3 is 0 Å². The number of aryl methyl sites for hydroxylation is 2. The third-order valence-electron chi connectivity index (χ3n) is 1.92. The first kappa shape index (κ1) is 11.9. The number of nitrogens with zero attached hydrogens (tertiary/aromatic N) is 4. The van der Waals surface area contributed by atoms with E-state index in [0.717, 1.165) is 24.8 Å². The average Bonchev–Trinajstić information content (AvgIpc) is 2.70. The molecule has 0 aliphatic heterocycles. The van der Waals surface area contributed by atoms with E-state index >= 15 is 0 Å². The molecule has 0 unspecified atom stereocenters. The van der Waals surface area contributed by atoms with Crippen molar-refractivity contribution in [2.75, 3.05) is 0 Å². The maximum absolute atomic E-state index is 4.33. The van der Waals surface area contributed by atoms with Crippen molar-refractivity contribution in [1.29, 1.82) is 0 Å². The highest BCUT2D eigenvalue weighted by Gasteiger charge is 2.04. The predicted molar refractivity (Wildman–Crippen MR) is 72.2 cm³/mol. The van der Waals surface area contributed by atoms with Crippen LogP contribution in [0.5, 0.6) is 0 Å². The Kier molecular flexibility index (Phi) is 3.56. The van der Waals surface area contributed by atoms with E-state index in [9.17, 15) is 0 Å². The van der Waals surface area contributed by atoms with E-state index in [4.69, 9.17) is 0 Å². The van der Waals surface area contributed by atoms with Gasteiger partial charge in [-0.05, 0) is 51.8 Å². The summed E-state index contributed by atoms with van der Waals surface area (Å²) in [4.78, 5) is 1.06. The zero-order valence-electron chi connectivity index (χ0n) is 8.61. The minimum atomic E-state index is 0.781. The number of hydrogen-bond donors (Lipinski definition) is 0. The van der Waals surface area contributed by atoms with E-state index in [1.807, 2.05) is 19.9 Å². The van der Waals surface area contributed by atoms with Gasteiger partial charge in [-0.2, -0.15) is 5.10 Å². The summed E-state index contributed by atoms with van der Waals surface area (Å²) in [7, 11) is 0. The molecule has 0 aliphatic carbocycles. The Bertz CT molecular complexity index is 505. The lowest BCUT2D eigenvalue weighted by Crippen LogP contribution is -1.95. The van der Waals surface area contributed by atoms with E-state index < -0.39 is 0 Å². The molecule has 2 heterocycles. The van der Waals surface area contributed by atoms with Crippen molar-refractivity contribution >= 4 is 49.4 Å². The zero-order chi connectivity index (χ0) is 11.7. The van der Waals surface area contributed by atoms with E-state index in [-0.39, 0.29) is 0 Å². The Morgan fingerprint density at radius 2 is 1.94 bits per heavy atom. The lowest BCUT2D eigenvalue weighted by molar-refractivity contribution is 0.799. The Morgan fingerprint density at radius 3 is 2.44 bits per heavy atom. The van der Waals surface area contributed by atoms with E-state index in [2.05, 4.69) is 47.2 Å². The van der Waals surface area contributed by atoms with E-state index in [0.29, 0.717) is 0 Å². The van der Waals surface area contributed by atoms with Crippen molar-refractivity contribution in [2.24, 2.45) is 5.10 Å². The standard InChI is InChI=1S/C9H8Br2N4S/c1-5-13-14-6(2)15(5)12-4-7-3-8(10)9(11)16-7/h3-4H,1-2H3/b12-4+. The molecule has 2 aromatic rings. The summed E-state index contributed by atoms with van der Waals surface area (Å²) in [5.74, 6) is 1.56. The van der Waals surface area contributed by atoms with Crippen molar-refractivity contribution in [3.05, 3.63) is 30.9 Å². The van der Waals surface area contributed by atoms with Crippen LogP contribution in [0.15, 0.2) is 19.4 Å². The van der Waals surface area contributed by atoms with Crippen LogP contribution < -0.4 is 0 Å². The monoisotopic (exact) mass is 362 g/mol. The minimum absolute atomic E-state index is 0.781. The van der Waals surface area contributed by atoms with Gasteiger partial charge in [0.1, 0.15) is 0 Å². The highest BCUT2D eigenvalue weighted by Crippen LogP contribution is 2.31. The fraction of sp³-hybridized carbons (Fsp3) is 0.222. The molecule has 0 amide bonds. The Hall–Kier alpha value is -0.530. The molecule has 2 aromatic heterocycles. The largest absolute Gasteiger partial charge is 0.202 e. The number of halogens is 2. The number of thiophene rings is 1. The summed E-state index contributed by atoms with van der Waals surface area (Å²) in [6.07, 6.45) is 1.80. The first-order valence-electron chi connectivity index (χ1n) is 4.45. The summed E-state index contributed by atoms with van der Waals surface area (Å²) in [6.45, 7) is 3.75. The lowest BCUT2D eigenvalue weighted by Gasteiger charge is -1.95. The SMILES string of the molecule is Cc1nnc(C)n1/N=C/c1cc(Br)c(Br)s1. The quantitative estimate of drug-likeness (QED) is 0.767. The fourth-order valence-electron chi connectivity index (χ4n) is 1.17. The van der Waals surface area contributed by atoms with Crippen molar-refractivity contribution in [1.82, 2.24) is 14.9 Å². The molecule has 4 nitrogen and oxygen atoms in total. The Balaban J connectivity index is 2.28. The lowest BCUT2D eigenvalue weighted by atomic mass is 10.5. The van der Waals surface area contributed by atoms with Crippen molar-refractivity contribution in [3.8, 4) is 0 Å². The summed E-state index contributed by atoms with van der Waals surface area (Å²) in [5, 5.41) is 12.2. The second kappa shape index (κ2) is 4.77. The molecule has 0 N–H and O–H groups in total. The van der Waals surface area contributed by atoms with Crippen LogP contribution in [-0.4, -0.2) is 21.1 Å². The first-order chi connectivity index (χ1) is 7.58. The second-order valence-electron chi connectivity index (χ2n) is 3.12. The number of hydrogen-bond acceptors (Lipinski definition) is 4. The molecular formula is C9H8Br2N4S. The van der Waals surface area contributed by atoms with Crippen LogP contribution in [0.4, 0.5) is 0 Å². The van der Waals surface area contributed by atoms with Crippen LogP contribution >= 0.6 is 43.2 Å². The third kappa shape index (κ3) is 2.41. The number of rotatable bonds is 2. The molecule has 0 saturated carbocycles. The first-order valence-corrected chi connectivity index (χ1v) is 6.86. The maximum Gasteiger partial charge on any atom is 0.151 e. The van der Waals surface area contributed by atoms with Gasteiger partial charge in [0.15, 0.2) is 11.6 Å². The van der Waals surface area contributed by atoms with Crippen molar-refractivity contribution in [3.63, 3.8) is 0 Å². The van der Waals surface area contributed by atoms with Gasteiger partial charge in [-0.15, -0.1) is 21.5 Å². The maximum atomic E-state index is 4.33. The summed E-state index contributed by atoms with van der Waals surface area (Å²) < 4.78 is 3.81. The number of aromatic nitrogens is 3. The Labute approximate surface area is 114 Å². The van der Waals surface area contributed by atoms with Gasteiger partial charge in [0, 0.05) is 9.35 Å². The van der Waals surface area contributed by atoms with Crippen LogP contribution in [0.3, 0.4) is 0 Å². The van der Waals surface area contributed by atoms with Crippen molar-refractivity contribution < 1.29 is 0 Å². The van der Waals surface area contributed by atoms with Gasteiger partial charge in [0.05, 0.1) is 10.0 Å². The molecule has 0 atom stereocenters. The van der Waals surface area contributed by atoms with Crippen molar-refractivity contribution in [2.45, 2.75) is 13.8 Å². The van der Waals surface area contributed by atoms with Gasteiger partial charge in [-0.3, -0.25) is 0 Å². The van der Waals surface area contributed by atoms with Gasteiger partial charge < -0.3 is 0 Å². The summed E-state index contributed by atoms with van der Waals surface area (Å²) >= 11 is 8.49. The van der Waals surface area contributed by atoms with Crippen LogP contribution in [0.2, 0.25) is 0 Å². The predicted octanol–water partition coefficient (Wildman–Crippen LogP) is 3.36. The van der Waals surface area contributed by atoms with Gasteiger partial charge in [-0.1, -0.05) is 0 Å². The van der Waals surface area contributed by atoms with E-state index in [1.54, 1.807) is 22.2 Å². The molecular weight excluding hydrogens is 356 g/mol. The normalized spacial score (nSPS) is 11.5. The third-order valence-corrected chi connectivity index (χ3v) is 5.11. The van der Waals surface area contributed by atoms with Crippen LogP contribution in [0, 0.1) is 13.8 Å². The molecule has 0 aromatic carbocycles. The van der Waals surface area contributed by atoms with Crippen LogP contribution in [-0.2, 0) is 0 Å².